The number of hydrogen-bond acceptors (Lipinski definition) is 3. The number of thiophene rings is 1. The van der Waals surface area contributed by atoms with Gasteiger partial charge in [-0.15, -0.1) is 0 Å². The van der Waals surface area contributed by atoms with E-state index < -0.39 is 11.2 Å². The zero-order valence-electron chi connectivity index (χ0n) is 6.51. The van der Waals surface area contributed by atoms with Gasteiger partial charge in [-0.1, -0.05) is 11.3 Å². The van der Waals surface area contributed by atoms with Crippen LogP contribution in [0.4, 0.5) is 8.78 Å². The van der Waals surface area contributed by atoms with Gasteiger partial charge in [0.1, 0.15) is 0 Å². The van der Waals surface area contributed by atoms with Gasteiger partial charge >= 0.3 is 5.38 Å². The second kappa shape index (κ2) is 3.59. The molecule has 0 saturated heterocycles. The first kappa shape index (κ1) is 10.4. The second-order valence-electron chi connectivity index (χ2n) is 2.15. The standard InChI is InChI=1S/C7H5ClF2O2S/c1-12-5-3-2-4(13-5)6(11)7(8,9)10/h2-3H,1H3. The summed E-state index contributed by atoms with van der Waals surface area (Å²) in [6.45, 7) is 0. The number of hydrogen-bond donors (Lipinski definition) is 0. The lowest BCUT2D eigenvalue weighted by Gasteiger charge is -2.02. The van der Waals surface area contributed by atoms with E-state index in [0.29, 0.717) is 5.06 Å². The molecular weight excluding hydrogens is 222 g/mol. The van der Waals surface area contributed by atoms with Gasteiger partial charge in [0.2, 0.25) is 0 Å². The van der Waals surface area contributed by atoms with Crippen LogP contribution in [0, 0.1) is 0 Å². The monoisotopic (exact) mass is 226 g/mol. The summed E-state index contributed by atoms with van der Waals surface area (Å²) in [5.74, 6) is -1.40. The number of carbonyl (C=O) groups is 1. The molecule has 1 aromatic heterocycles. The zero-order chi connectivity index (χ0) is 10.1. The Morgan fingerprint density at radius 2 is 2.23 bits per heavy atom. The quantitative estimate of drug-likeness (QED) is 0.585. The molecule has 0 radical (unpaired) electrons. The summed E-state index contributed by atoms with van der Waals surface area (Å²) in [5.41, 5.74) is 0. The van der Waals surface area contributed by atoms with Crippen molar-refractivity contribution in [3.63, 3.8) is 0 Å². The van der Waals surface area contributed by atoms with Crippen LogP contribution in [0.15, 0.2) is 12.1 Å². The number of ketones is 1. The van der Waals surface area contributed by atoms with Gasteiger partial charge < -0.3 is 4.74 Å². The summed E-state index contributed by atoms with van der Waals surface area (Å²) >= 11 is 5.39. The first-order chi connectivity index (χ1) is 5.95. The molecule has 13 heavy (non-hydrogen) atoms. The zero-order valence-corrected chi connectivity index (χ0v) is 8.09. The number of methoxy groups -OCH3 is 1. The topological polar surface area (TPSA) is 26.3 Å². The summed E-state index contributed by atoms with van der Waals surface area (Å²) in [6, 6.07) is 2.68. The van der Waals surface area contributed by atoms with Gasteiger partial charge in [0.15, 0.2) is 5.06 Å². The van der Waals surface area contributed by atoms with E-state index in [9.17, 15) is 13.6 Å². The van der Waals surface area contributed by atoms with Crippen LogP contribution in [-0.4, -0.2) is 18.3 Å². The molecule has 0 fully saturated rings. The Labute approximate surface area is 82.1 Å². The molecular formula is C7H5ClF2O2S. The van der Waals surface area contributed by atoms with Crippen molar-refractivity contribution in [3.8, 4) is 5.06 Å². The van der Waals surface area contributed by atoms with Crippen molar-refractivity contribution >= 4 is 28.7 Å². The van der Waals surface area contributed by atoms with Gasteiger partial charge in [-0.05, 0) is 23.7 Å². The highest BCUT2D eigenvalue weighted by Gasteiger charge is 2.37. The van der Waals surface area contributed by atoms with Crippen molar-refractivity contribution in [2.45, 2.75) is 5.38 Å². The van der Waals surface area contributed by atoms with E-state index in [4.69, 9.17) is 4.74 Å². The van der Waals surface area contributed by atoms with Crippen LogP contribution in [0.3, 0.4) is 0 Å². The van der Waals surface area contributed by atoms with Crippen LogP contribution in [-0.2, 0) is 0 Å². The summed E-state index contributed by atoms with van der Waals surface area (Å²) in [5, 5.41) is -3.44. The van der Waals surface area contributed by atoms with Gasteiger partial charge in [0.05, 0.1) is 12.0 Å². The summed E-state index contributed by atoms with van der Waals surface area (Å²) < 4.78 is 29.3. The molecule has 0 saturated carbocycles. The van der Waals surface area contributed by atoms with E-state index in [0.717, 1.165) is 11.3 Å². The minimum atomic E-state index is -3.84. The Kier molecular flexibility index (Phi) is 2.87. The van der Waals surface area contributed by atoms with Crippen LogP contribution in [0.1, 0.15) is 9.67 Å². The molecule has 0 aromatic carbocycles. The molecule has 1 rings (SSSR count). The van der Waals surface area contributed by atoms with Gasteiger partial charge in [0, 0.05) is 0 Å². The molecule has 0 amide bonds. The Bertz CT molecular complexity index is 319. The first-order valence-corrected chi connectivity index (χ1v) is 4.40. The summed E-state index contributed by atoms with van der Waals surface area (Å²) in [7, 11) is 1.39. The molecule has 0 bridgehead atoms. The highest BCUT2D eigenvalue weighted by Crippen LogP contribution is 2.31. The third-order valence-electron chi connectivity index (χ3n) is 1.26. The van der Waals surface area contributed by atoms with E-state index in [2.05, 4.69) is 11.6 Å². The Morgan fingerprint density at radius 3 is 2.62 bits per heavy atom. The Balaban J connectivity index is 2.90. The molecule has 0 aliphatic rings. The van der Waals surface area contributed by atoms with Crippen molar-refractivity contribution in [1.29, 1.82) is 0 Å². The summed E-state index contributed by atoms with van der Waals surface area (Å²) in [6.07, 6.45) is 0. The smallest absolute Gasteiger partial charge is 0.385 e. The van der Waals surface area contributed by atoms with E-state index >= 15 is 0 Å². The molecule has 0 aliphatic heterocycles. The highest BCUT2D eigenvalue weighted by molar-refractivity contribution is 7.16. The SMILES string of the molecule is COc1ccc(C(=O)C(F)(F)Cl)s1. The molecule has 1 heterocycles. The predicted octanol–water partition coefficient (Wildman–Crippen LogP) is 2.77. The number of carbonyl (C=O) groups excluding carboxylic acids is 1. The predicted molar refractivity (Wildman–Crippen MR) is 46.0 cm³/mol. The van der Waals surface area contributed by atoms with E-state index in [1.165, 1.54) is 19.2 Å². The fraction of sp³-hybridized carbons (Fsp3) is 0.286. The Morgan fingerprint density at radius 1 is 1.62 bits per heavy atom. The van der Waals surface area contributed by atoms with Crippen molar-refractivity contribution < 1.29 is 18.3 Å². The van der Waals surface area contributed by atoms with Gasteiger partial charge in [-0.25, -0.2) is 0 Å². The third-order valence-corrected chi connectivity index (χ3v) is 2.48. The maximum absolute atomic E-state index is 12.3. The number of rotatable bonds is 3. The fourth-order valence-electron chi connectivity index (χ4n) is 0.692. The number of ether oxygens (including phenoxy) is 1. The van der Waals surface area contributed by atoms with Crippen LogP contribution in [0.25, 0.3) is 0 Å². The van der Waals surface area contributed by atoms with Gasteiger partial charge in [-0.3, -0.25) is 4.79 Å². The van der Waals surface area contributed by atoms with Crippen LogP contribution in [0.5, 0.6) is 5.06 Å². The third kappa shape index (κ3) is 2.38. The largest absolute Gasteiger partial charge is 0.487 e. The molecule has 2 nitrogen and oxygen atoms in total. The van der Waals surface area contributed by atoms with Crippen molar-refractivity contribution in [2.24, 2.45) is 0 Å². The first-order valence-electron chi connectivity index (χ1n) is 3.20. The average molecular weight is 227 g/mol. The fourth-order valence-corrected chi connectivity index (χ4v) is 1.64. The average Bonchev–Trinajstić information content (AvgIpc) is 2.48. The van der Waals surface area contributed by atoms with E-state index in [-0.39, 0.29) is 4.88 Å². The second-order valence-corrected chi connectivity index (χ2v) is 3.67. The lowest BCUT2D eigenvalue weighted by molar-refractivity contribution is 0.0541. The molecule has 0 spiro atoms. The van der Waals surface area contributed by atoms with Crippen molar-refractivity contribution in [3.05, 3.63) is 17.0 Å². The lowest BCUT2D eigenvalue weighted by Crippen LogP contribution is -2.20. The highest BCUT2D eigenvalue weighted by atomic mass is 35.5. The maximum Gasteiger partial charge on any atom is 0.385 e. The minimum Gasteiger partial charge on any atom is -0.487 e. The minimum absolute atomic E-state index is 0.114. The maximum atomic E-state index is 12.3. The molecule has 0 unspecified atom stereocenters. The molecule has 0 aliphatic carbocycles. The van der Waals surface area contributed by atoms with Crippen molar-refractivity contribution in [1.82, 2.24) is 0 Å². The number of alkyl halides is 3. The number of Topliss-reactive ketones (excluding diaryl/α,β-unsaturated/α-hetero) is 1. The van der Waals surface area contributed by atoms with Crippen LogP contribution in [0.2, 0.25) is 0 Å². The van der Waals surface area contributed by atoms with E-state index in [1.807, 2.05) is 0 Å². The lowest BCUT2D eigenvalue weighted by atomic mass is 10.3. The van der Waals surface area contributed by atoms with Crippen LogP contribution < -0.4 is 4.74 Å². The van der Waals surface area contributed by atoms with Gasteiger partial charge in [0.25, 0.3) is 5.78 Å². The summed E-state index contributed by atoms with van der Waals surface area (Å²) in [4.78, 5) is 10.8. The van der Waals surface area contributed by atoms with Crippen LogP contribution >= 0.6 is 22.9 Å². The number of halogens is 3. The molecule has 0 N–H and O–H groups in total. The molecule has 6 heteroatoms. The molecule has 0 atom stereocenters. The van der Waals surface area contributed by atoms with E-state index in [1.54, 1.807) is 0 Å². The Hall–Kier alpha value is -0.680. The van der Waals surface area contributed by atoms with Crippen molar-refractivity contribution in [2.75, 3.05) is 7.11 Å². The molecule has 1 aromatic rings. The normalized spacial score (nSPS) is 11.4. The molecule has 72 valence electrons. The van der Waals surface area contributed by atoms with Gasteiger partial charge in [-0.2, -0.15) is 8.78 Å².